The minimum Gasteiger partial charge on any atom is -0.324 e. The average Bonchev–Trinajstić information content (AvgIpc) is 2.84. The molecule has 2 heteroatoms. The molecule has 0 N–H and O–H groups in total. The fourth-order valence-electron chi connectivity index (χ4n) is 4.03. The van der Waals surface area contributed by atoms with Crippen LogP contribution in [0.1, 0.15) is 38.8 Å². The van der Waals surface area contributed by atoms with Gasteiger partial charge in [0.25, 0.3) is 0 Å². The lowest BCUT2D eigenvalue weighted by molar-refractivity contribution is 0.659. The monoisotopic (exact) mass is 328 g/mol. The van der Waals surface area contributed by atoms with Gasteiger partial charge in [0.1, 0.15) is 5.82 Å². The zero-order valence-electron chi connectivity index (χ0n) is 15.3. The Kier molecular flexibility index (Phi) is 3.64. The van der Waals surface area contributed by atoms with E-state index in [0.717, 1.165) is 5.82 Å². The maximum absolute atomic E-state index is 4.57. The molecule has 4 rings (SSSR count). The SMILES string of the molecule is CC(C)N(c1ccc2c(c1)C(C)(C)c1ccccc1-2)c1ccccn1. The molecule has 1 aliphatic carbocycles. The number of rotatable bonds is 3. The van der Waals surface area contributed by atoms with Crippen LogP contribution in [-0.2, 0) is 5.41 Å². The van der Waals surface area contributed by atoms with Crippen LogP contribution in [0.5, 0.6) is 0 Å². The van der Waals surface area contributed by atoms with Gasteiger partial charge < -0.3 is 4.90 Å². The first-order valence-corrected chi connectivity index (χ1v) is 8.95. The Hall–Kier alpha value is -2.61. The first-order valence-electron chi connectivity index (χ1n) is 8.95. The van der Waals surface area contributed by atoms with E-state index in [2.05, 4.69) is 86.1 Å². The van der Waals surface area contributed by atoms with Crippen LogP contribution >= 0.6 is 0 Å². The van der Waals surface area contributed by atoms with E-state index in [-0.39, 0.29) is 5.41 Å². The second-order valence-corrected chi connectivity index (χ2v) is 7.55. The molecular formula is C23H24N2. The number of fused-ring (bicyclic) bond motifs is 3. The zero-order chi connectivity index (χ0) is 17.6. The van der Waals surface area contributed by atoms with Crippen LogP contribution in [0, 0.1) is 0 Å². The Labute approximate surface area is 150 Å². The van der Waals surface area contributed by atoms with E-state index in [1.807, 2.05) is 18.3 Å². The molecule has 0 atom stereocenters. The van der Waals surface area contributed by atoms with Gasteiger partial charge in [-0.05, 0) is 60.4 Å². The highest BCUT2D eigenvalue weighted by atomic mass is 15.2. The predicted molar refractivity (Wildman–Crippen MR) is 106 cm³/mol. The van der Waals surface area contributed by atoms with Crippen molar-refractivity contribution >= 4 is 11.5 Å². The number of anilines is 2. The molecule has 1 heterocycles. The van der Waals surface area contributed by atoms with Crippen molar-refractivity contribution in [3.05, 3.63) is 78.0 Å². The molecule has 2 nitrogen and oxygen atoms in total. The molecule has 0 unspecified atom stereocenters. The van der Waals surface area contributed by atoms with Gasteiger partial charge in [0.15, 0.2) is 0 Å². The van der Waals surface area contributed by atoms with E-state index in [1.54, 1.807) is 0 Å². The third-order valence-electron chi connectivity index (χ3n) is 5.26. The zero-order valence-corrected chi connectivity index (χ0v) is 15.3. The van der Waals surface area contributed by atoms with Crippen molar-refractivity contribution in [2.75, 3.05) is 4.90 Å². The quantitative estimate of drug-likeness (QED) is 0.592. The molecule has 0 saturated carbocycles. The van der Waals surface area contributed by atoms with Gasteiger partial charge in [0.2, 0.25) is 0 Å². The predicted octanol–water partition coefficient (Wildman–Crippen LogP) is 5.93. The third kappa shape index (κ3) is 2.44. The van der Waals surface area contributed by atoms with Gasteiger partial charge in [-0.25, -0.2) is 4.98 Å². The van der Waals surface area contributed by atoms with Crippen molar-refractivity contribution in [3.63, 3.8) is 0 Å². The molecule has 126 valence electrons. The summed E-state index contributed by atoms with van der Waals surface area (Å²) in [6, 6.07) is 22.0. The standard InChI is InChI=1S/C23H24N2/c1-16(2)25(22-11-7-8-14-24-22)17-12-13-19-18-9-5-6-10-20(18)23(3,4)21(19)15-17/h5-16H,1-4H3. The summed E-state index contributed by atoms with van der Waals surface area (Å²) in [5.41, 5.74) is 6.75. The van der Waals surface area contributed by atoms with Crippen LogP contribution in [0.2, 0.25) is 0 Å². The summed E-state index contributed by atoms with van der Waals surface area (Å²) in [6.45, 7) is 9.06. The molecule has 0 saturated heterocycles. The van der Waals surface area contributed by atoms with Crippen LogP contribution in [-0.4, -0.2) is 11.0 Å². The van der Waals surface area contributed by atoms with Gasteiger partial charge in [0, 0.05) is 23.3 Å². The van der Waals surface area contributed by atoms with Gasteiger partial charge in [-0.2, -0.15) is 0 Å². The highest BCUT2D eigenvalue weighted by molar-refractivity contribution is 5.83. The summed E-state index contributed by atoms with van der Waals surface area (Å²) in [5, 5.41) is 0. The Morgan fingerprint density at radius 3 is 2.28 bits per heavy atom. The molecular weight excluding hydrogens is 304 g/mol. The molecule has 1 aromatic heterocycles. The van der Waals surface area contributed by atoms with Crippen LogP contribution in [0.3, 0.4) is 0 Å². The van der Waals surface area contributed by atoms with E-state index < -0.39 is 0 Å². The van der Waals surface area contributed by atoms with Gasteiger partial charge in [-0.1, -0.05) is 50.2 Å². The van der Waals surface area contributed by atoms with E-state index in [4.69, 9.17) is 0 Å². The van der Waals surface area contributed by atoms with Crippen LogP contribution < -0.4 is 4.90 Å². The molecule has 1 aliphatic rings. The first-order chi connectivity index (χ1) is 12.0. The van der Waals surface area contributed by atoms with Crippen molar-refractivity contribution < 1.29 is 0 Å². The fraction of sp³-hybridized carbons (Fsp3) is 0.261. The van der Waals surface area contributed by atoms with E-state index >= 15 is 0 Å². The number of aromatic nitrogens is 1. The Bertz CT molecular complexity index is 910. The number of hydrogen-bond donors (Lipinski definition) is 0. The lowest BCUT2D eigenvalue weighted by Gasteiger charge is -2.30. The smallest absolute Gasteiger partial charge is 0.133 e. The summed E-state index contributed by atoms with van der Waals surface area (Å²) in [6.07, 6.45) is 1.86. The van der Waals surface area contributed by atoms with Crippen molar-refractivity contribution in [1.29, 1.82) is 0 Å². The molecule has 0 amide bonds. The Morgan fingerprint density at radius 2 is 1.56 bits per heavy atom. The molecule has 0 aliphatic heterocycles. The first kappa shape index (κ1) is 15.9. The van der Waals surface area contributed by atoms with Crippen molar-refractivity contribution in [2.24, 2.45) is 0 Å². The molecule has 25 heavy (non-hydrogen) atoms. The molecule has 0 bridgehead atoms. The van der Waals surface area contributed by atoms with Crippen LogP contribution in [0.25, 0.3) is 11.1 Å². The van der Waals surface area contributed by atoms with E-state index in [9.17, 15) is 0 Å². The number of nitrogens with zero attached hydrogens (tertiary/aromatic N) is 2. The second kappa shape index (κ2) is 5.73. The van der Waals surface area contributed by atoms with Gasteiger partial charge in [-0.15, -0.1) is 0 Å². The van der Waals surface area contributed by atoms with Gasteiger partial charge in [0.05, 0.1) is 0 Å². The maximum Gasteiger partial charge on any atom is 0.133 e. The topological polar surface area (TPSA) is 16.1 Å². The minimum absolute atomic E-state index is 0.0225. The lowest BCUT2D eigenvalue weighted by atomic mass is 9.82. The highest BCUT2D eigenvalue weighted by Crippen LogP contribution is 2.49. The second-order valence-electron chi connectivity index (χ2n) is 7.55. The Morgan fingerprint density at radius 1 is 0.840 bits per heavy atom. The lowest BCUT2D eigenvalue weighted by Crippen LogP contribution is -2.26. The Balaban J connectivity index is 1.86. The van der Waals surface area contributed by atoms with E-state index in [0.29, 0.717) is 6.04 Å². The normalized spacial score (nSPS) is 14.3. The fourth-order valence-corrected chi connectivity index (χ4v) is 4.03. The molecule has 0 spiro atoms. The average molecular weight is 328 g/mol. The summed E-state index contributed by atoms with van der Waals surface area (Å²) < 4.78 is 0. The van der Waals surface area contributed by atoms with Crippen LogP contribution in [0.15, 0.2) is 66.9 Å². The highest BCUT2D eigenvalue weighted by Gasteiger charge is 2.35. The van der Waals surface area contributed by atoms with Gasteiger partial charge in [-0.3, -0.25) is 0 Å². The van der Waals surface area contributed by atoms with Crippen molar-refractivity contribution in [1.82, 2.24) is 4.98 Å². The van der Waals surface area contributed by atoms with E-state index in [1.165, 1.54) is 27.9 Å². The molecule has 2 aromatic carbocycles. The number of benzene rings is 2. The summed E-state index contributed by atoms with van der Waals surface area (Å²) in [7, 11) is 0. The largest absolute Gasteiger partial charge is 0.324 e. The third-order valence-corrected chi connectivity index (χ3v) is 5.26. The minimum atomic E-state index is 0.0225. The summed E-state index contributed by atoms with van der Waals surface area (Å²) >= 11 is 0. The number of pyridine rings is 1. The maximum atomic E-state index is 4.57. The van der Waals surface area contributed by atoms with Crippen LogP contribution in [0.4, 0.5) is 11.5 Å². The molecule has 0 fully saturated rings. The molecule has 0 radical (unpaired) electrons. The van der Waals surface area contributed by atoms with Crippen molar-refractivity contribution in [2.45, 2.75) is 39.2 Å². The summed E-state index contributed by atoms with van der Waals surface area (Å²) in [5.74, 6) is 0.991. The number of hydrogen-bond acceptors (Lipinski definition) is 2. The summed E-state index contributed by atoms with van der Waals surface area (Å²) in [4.78, 5) is 6.88. The molecule has 3 aromatic rings. The van der Waals surface area contributed by atoms with Crippen molar-refractivity contribution in [3.8, 4) is 11.1 Å². The van der Waals surface area contributed by atoms with Gasteiger partial charge >= 0.3 is 0 Å².